The number of fused-ring (bicyclic) bond motifs is 3. The van der Waals surface area contributed by atoms with Gasteiger partial charge in [0.05, 0.1) is 0 Å². The second-order valence-corrected chi connectivity index (χ2v) is 7.49. The van der Waals surface area contributed by atoms with Crippen molar-refractivity contribution in [2.24, 2.45) is 5.92 Å². The van der Waals surface area contributed by atoms with Gasteiger partial charge in [0.2, 0.25) is 0 Å². The SMILES string of the molecule is C[C@H]1CCCC[C@@H]1NC(=O)/C(C#N)=C/c1ccc2[nH]c3ccccc3c2c1. The highest BCUT2D eigenvalue weighted by molar-refractivity contribution is 6.08. The highest BCUT2D eigenvalue weighted by Gasteiger charge is 2.24. The van der Waals surface area contributed by atoms with Crippen LogP contribution < -0.4 is 5.32 Å². The Hall–Kier alpha value is -3.06. The molecule has 1 aliphatic rings. The first-order chi connectivity index (χ1) is 13.2. The quantitative estimate of drug-likeness (QED) is 0.516. The van der Waals surface area contributed by atoms with Crippen LogP contribution in [-0.2, 0) is 4.79 Å². The molecular formula is C23H23N3O. The maximum atomic E-state index is 12.6. The summed E-state index contributed by atoms with van der Waals surface area (Å²) in [5.41, 5.74) is 3.15. The number of H-pyrrole nitrogens is 1. The first kappa shape index (κ1) is 17.4. The van der Waals surface area contributed by atoms with Crippen LogP contribution in [0.25, 0.3) is 27.9 Å². The molecule has 0 spiro atoms. The van der Waals surface area contributed by atoms with Gasteiger partial charge in [0, 0.05) is 27.8 Å². The van der Waals surface area contributed by atoms with Crippen LogP contribution >= 0.6 is 0 Å². The topological polar surface area (TPSA) is 68.7 Å². The monoisotopic (exact) mass is 357 g/mol. The number of amides is 1. The van der Waals surface area contributed by atoms with Crippen LogP contribution in [0.1, 0.15) is 38.2 Å². The fraction of sp³-hybridized carbons (Fsp3) is 0.304. The largest absolute Gasteiger partial charge is 0.355 e. The van der Waals surface area contributed by atoms with Gasteiger partial charge in [0.1, 0.15) is 11.6 Å². The standard InChI is InChI=1S/C23H23N3O/c1-15-6-2-4-8-20(15)26-23(27)17(14-24)12-16-10-11-22-19(13-16)18-7-3-5-9-21(18)25-22/h3,5,7,9-13,15,20,25H,2,4,6,8H2,1H3,(H,26,27)/b17-12+/t15-,20-/m0/s1. The van der Waals surface area contributed by atoms with Gasteiger partial charge in [-0.05, 0) is 48.6 Å². The minimum Gasteiger partial charge on any atom is -0.355 e. The van der Waals surface area contributed by atoms with Crippen molar-refractivity contribution >= 4 is 33.8 Å². The lowest BCUT2D eigenvalue weighted by Crippen LogP contribution is -2.41. The predicted molar refractivity (Wildman–Crippen MR) is 109 cm³/mol. The fourth-order valence-electron chi connectivity index (χ4n) is 4.05. The van der Waals surface area contributed by atoms with Gasteiger partial charge in [0.15, 0.2) is 0 Å². The Morgan fingerprint density at radius 1 is 1.15 bits per heavy atom. The zero-order valence-electron chi connectivity index (χ0n) is 15.5. The number of rotatable bonds is 3. The molecule has 1 amide bonds. The molecule has 0 aliphatic heterocycles. The number of nitrogens with one attached hydrogen (secondary N) is 2. The van der Waals surface area contributed by atoms with Crippen LogP contribution in [0, 0.1) is 17.2 Å². The molecule has 1 fully saturated rings. The minimum absolute atomic E-state index is 0.159. The minimum atomic E-state index is -0.268. The normalized spacial score (nSPS) is 20.5. The Morgan fingerprint density at radius 3 is 2.74 bits per heavy atom. The Balaban J connectivity index is 1.63. The third kappa shape index (κ3) is 3.46. The molecule has 0 saturated heterocycles. The van der Waals surface area contributed by atoms with Crippen molar-refractivity contribution in [3.8, 4) is 6.07 Å². The smallest absolute Gasteiger partial charge is 0.262 e. The molecule has 136 valence electrons. The second kappa shape index (κ2) is 7.28. The van der Waals surface area contributed by atoms with E-state index in [1.54, 1.807) is 6.08 Å². The summed E-state index contributed by atoms with van der Waals surface area (Å²) in [6.45, 7) is 2.17. The van der Waals surface area contributed by atoms with Crippen LogP contribution in [0.4, 0.5) is 0 Å². The van der Waals surface area contributed by atoms with Crippen molar-refractivity contribution in [1.82, 2.24) is 10.3 Å². The molecule has 4 nitrogen and oxygen atoms in total. The van der Waals surface area contributed by atoms with E-state index < -0.39 is 0 Å². The van der Waals surface area contributed by atoms with Crippen LogP contribution in [0.2, 0.25) is 0 Å². The lowest BCUT2D eigenvalue weighted by molar-refractivity contribution is -0.118. The molecule has 1 saturated carbocycles. The third-order valence-electron chi connectivity index (χ3n) is 5.63. The van der Waals surface area contributed by atoms with Crippen LogP contribution in [0.5, 0.6) is 0 Å². The number of aromatic amines is 1. The summed E-state index contributed by atoms with van der Waals surface area (Å²) in [6, 6.07) is 16.3. The summed E-state index contributed by atoms with van der Waals surface area (Å²) in [7, 11) is 0. The summed E-state index contributed by atoms with van der Waals surface area (Å²) < 4.78 is 0. The van der Waals surface area contributed by atoms with E-state index in [0.29, 0.717) is 5.92 Å². The van der Waals surface area contributed by atoms with E-state index in [2.05, 4.69) is 29.4 Å². The lowest BCUT2D eigenvalue weighted by Gasteiger charge is -2.29. The number of hydrogen-bond donors (Lipinski definition) is 2. The van der Waals surface area contributed by atoms with E-state index in [1.165, 1.54) is 6.42 Å². The number of para-hydroxylation sites is 1. The van der Waals surface area contributed by atoms with Crippen molar-refractivity contribution in [3.63, 3.8) is 0 Å². The fourth-order valence-corrected chi connectivity index (χ4v) is 4.05. The van der Waals surface area contributed by atoms with Crippen LogP contribution in [-0.4, -0.2) is 16.9 Å². The first-order valence-electron chi connectivity index (χ1n) is 9.59. The number of carbonyl (C=O) groups excluding carboxylic acids is 1. The maximum Gasteiger partial charge on any atom is 0.262 e. The molecule has 4 heteroatoms. The average molecular weight is 357 g/mol. The molecule has 2 aromatic carbocycles. The summed E-state index contributed by atoms with van der Waals surface area (Å²) in [6.07, 6.45) is 6.17. The molecular weight excluding hydrogens is 334 g/mol. The van der Waals surface area contributed by atoms with Crippen molar-refractivity contribution in [2.75, 3.05) is 0 Å². The zero-order chi connectivity index (χ0) is 18.8. The van der Waals surface area contributed by atoms with Crippen molar-refractivity contribution in [3.05, 3.63) is 53.6 Å². The van der Waals surface area contributed by atoms with Gasteiger partial charge in [-0.1, -0.05) is 44.0 Å². The molecule has 4 rings (SSSR count). The number of aromatic nitrogens is 1. The molecule has 27 heavy (non-hydrogen) atoms. The third-order valence-corrected chi connectivity index (χ3v) is 5.63. The molecule has 1 heterocycles. The summed E-state index contributed by atoms with van der Waals surface area (Å²) in [4.78, 5) is 16.0. The Bertz CT molecular complexity index is 1070. The van der Waals surface area contributed by atoms with Gasteiger partial charge in [0.25, 0.3) is 5.91 Å². The highest BCUT2D eigenvalue weighted by Crippen LogP contribution is 2.27. The Labute approximate surface area is 158 Å². The van der Waals surface area contributed by atoms with Gasteiger partial charge in [-0.3, -0.25) is 4.79 Å². The van der Waals surface area contributed by atoms with Gasteiger partial charge in [-0.25, -0.2) is 0 Å². The summed E-state index contributed by atoms with van der Waals surface area (Å²) in [5.74, 6) is 0.195. The number of benzene rings is 2. The molecule has 0 bridgehead atoms. The average Bonchev–Trinajstić information content (AvgIpc) is 3.06. The van der Waals surface area contributed by atoms with E-state index in [4.69, 9.17) is 0 Å². The molecule has 1 aliphatic carbocycles. The maximum absolute atomic E-state index is 12.6. The highest BCUT2D eigenvalue weighted by atomic mass is 16.1. The molecule has 1 aromatic heterocycles. The van der Waals surface area contributed by atoms with Gasteiger partial charge in [-0.2, -0.15) is 5.26 Å². The zero-order valence-corrected chi connectivity index (χ0v) is 15.5. The predicted octanol–water partition coefficient (Wildman–Crippen LogP) is 4.92. The van der Waals surface area contributed by atoms with Crippen LogP contribution in [0.15, 0.2) is 48.0 Å². The van der Waals surface area contributed by atoms with Gasteiger partial charge >= 0.3 is 0 Å². The summed E-state index contributed by atoms with van der Waals surface area (Å²) in [5, 5.41) is 14.8. The van der Waals surface area contributed by atoms with E-state index >= 15 is 0 Å². The van der Waals surface area contributed by atoms with E-state index in [1.807, 2.05) is 36.4 Å². The number of hydrogen-bond acceptors (Lipinski definition) is 2. The Morgan fingerprint density at radius 2 is 1.93 bits per heavy atom. The lowest BCUT2D eigenvalue weighted by atomic mass is 9.86. The molecule has 0 unspecified atom stereocenters. The van der Waals surface area contributed by atoms with Crippen molar-refractivity contribution < 1.29 is 4.79 Å². The number of carbonyl (C=O) groups is 1. The van der Waals surface area contributed by atoms with E-state index in [-0.39, 0.29) is 17.5 Å². The summed E-state index contributed by atoms with van der Waals surface area (Å²) >= 11 is 0. The number of nitriles is 1. The van der Waals surface area contributed by atoms with Crippen LogP contribution in [0.3, 0.4) is 0 Å². The molecule has 2 atom stereocenters. The first-order valence-corrected chi connectivity index (χ1v) is 9.59. The molecule has 3 aromatic rings. The van der Waals surface area contributed by atoms with E-state index in [0.717, 1.165) is 46.6 Å². The Kier molecular flexibility index (Phi) is 4.68. The van der Waals surface area contributed by atoms with Gasteiger partial charge < -0.3 is 10.3 Å². The molecule has 0 radical (unpaired) electrons. The van der Waals surface area contributed by atoms with Crippen molar-refractivity contribution in [2.45, 2.75) is 38.6 Å². The molecule has 2 N–H and O–H groups in total. The number of nitrogens with zero attached hydrogens (tertiary/aromatic N) is 1. The second-order valence-electron chi connectivity index (χ2n) is 7.49. The van der Waals surface area contributed by atoms with Crippen molar-refractivity contribution in [1.29, 1.82) is 5.26 Å². The van der Waals surface area contributed by atoms with E-state index in [9.17, 15) is 10.1 Å². The van der Waals surface area contributed by atoms with Gasteiger partial charge in [-0.15, -0.1) is 0 Å².